The lowest BCUT2D eigenvalue weighted by molar-refractivity contribution is 0.149. The Morgan fingerprint density at radius 1 is 1.53 bits per heavy atom. The minimum atomic E-state index is 0.726. The molecule has 0 saturated carbocycles. The molecule has 0 saturated heterocycles. The Kier molecular flexibility index (Phi) is 5.68. The van der Waals surface area contributed by atoms with Crippen molar-refractivity contribution in [2.75, 3.05) is 26.3 Å². The number of aromatic nitrogens is 2. The average molecular weight is 232 g/mol. The maximum Gasteiger partial charge on any atom is 0.0814 e. The highest BCUT2D eigenvalue weighted by molar-refractivity contribution is 6.31. The maximum absolute atomic E-state index is 5.89. The van der Waals surface area contributed by atoms with Crippen LogP contribution in [0.15, 0.2) is 6.20 Å². The van der Waals surface area contributed by atoms with Crippen molar-refractivity contribution in [1.82, 2.24) is 15.1 Å². The third-order valence-corrected chi connectivity index (χ3v) is 2.40. The van der Waals surface area contributed by atoms with Crippen LogP contribution in [0.1, 0.15) is 12.6 Å². The Bertz CT molecular complexity index is 269. The van der Waals surface area contributed by atoms with Crippen LogP contribution in [0.2, 0.25) is 5.02 Å². The molecular formula is C10H18ClN3O. The van der Waals surface area contributed by atoms with Gasteiger partial charge >= 0.3 is 0 Å². The first-order chi connectivity index (χ1) is 7.24. The van der Waals surface area contributed by atoms with Gasteiger partial charge in [-0.05, 0) is 13.8 Å². The summed E-state index contributed by atoms with van der Waals surface area (Å²) in [6.45, 7) is 8.02. The lowest BCUT2D eigenvalue weighted by Gasteiger charge is -2.04. The molecule has 5 heteroatoms. The summed E-state index contributed by atoms with van der Waals surface area (Å²) in [5.74, 6) is 0. The molecule has 1 aromatic rings. The number of hydrogen-bond acceptors (Lipinski definition) is 3. The second-order valence-corrected chi connectivity index (χ2v) is 3.68. The lowest BCUT2D eigenvalue weighted by atomic mass is 10.5. The minimum Gasteiger partial charge on any atom is -0.380 e. The minimum absolute atomic E-state index is 0.726. The van der Waals surface area contributed by atoms with Crippen LogP contribution in [-0.2, 0) is 11.3 Å². The molecule has 0 fully saturated rings. The standard InChI is InChI=1S/C10H18ClN3O/c1-3-15-7-5-12-4-6-14-8-10(11)9(2)13-14/h8,12H,3-7H2,1-2H3. The summed E-state index contributed by atoms with van der Waals surface area (Å²) in [7, 11) is 0. The summed E-state index contributed by atoms with van der Waals surface area (Å²) < 4.78 is 7.06. The van der Waals surface area contributed by atoms with Crippen molar-refractivity contribution in [3.05, 3.63) is 16.9 Å². The molecule has 1 N–H and O–H groups in total. The predicted molar refractivity (Wildman–Crippen MR) is 61.3 cm³/mol. The van der Waals surface area contributed by atoms with E-state index >= 15 is 0 Å². The van der Waals surface area contributed by atoms with Crippen LogP contribution >= 0.6 is 11.6 Å². The van der Waals surface area contributed by atoms with Gasteiger partial charge in [-0.15, -0.1) is 0 Å². The molecule has 15 heavy (non-hydrogen) atoms. The molecule has 1 rings (SSSR count). The molecule has 0 bridgehead atoms. The van der Waals surface area contributed by atoms with Gasteiger partial charge in [0.15, 0.2) is 0 Å². The summed E-state index contributed by atoms with van der Waals surface area (Å²) in [4.78, 5) is 0. The van der Waals surface area contributed by atoms with Gasteiger partial charge in [0, 0.05) is 25.9 Å². The molecule has 0 aliphatic carbocycles. The van der Waals surface area contributed by atoms with Gasteiger partial charge in [-0.2, -0.15) is 5.10 Å². The molecule has 0 atom stereocenters. The fourth-order valence-electron chi connectivity index (χ4n) is 1.22. The maximum atomic E-state index is 5.89. The highest BCUT2D eigenvalue weighted by Gasteiger charge is 2.00. The van der Waals surface area contributed by atoms with Gasteiger partial charge in [0.05, 0.1) is 23.9 Å². The number of hydrogen-bond donors (Lipinski definition) is 1. The molecule has 86 valence electrons. The molecule has 4 nitrogen and oxygen atoms in total. The Hall–Kier alpha value is -0.580. The van der Waals surface area contributed by atoms with Crippen molar-refractivity contribution in [2.45, 2.75) is 20.4 Å². The summed E-state index contributed by atoms with van der Waals surface area (Å²) >= 11 is 5.89. The van der Waals surface area contributed by atoms with E-state index in [-0.39, 0.29) is 0 Å². The molecule has 1 heterocycles. The van der Waals surface area contributed by atoms with E-state index < -0.39 is 0 Å². The second-order valence-electron chi connectivity index (χ2n) is 3.27. The SMILES string of the molecule is CCOCCNCCn1cc(Cl)c(C)n1. The van der Waals surface area contributed by atoms with E-state index in [0.29, 0.717) is 0 Å². The van der Waals surface area contributed by atoms with Gasteiger partial charge in [-0.1, -0.05) is 11.6 Å². The number of nitrogens with one attached hydrogen (secondary N) is 1. The zero-order chi connectivity index (χ0) is 11.1. The largest absolute Gasteiger partial charge is 0.380 e. The third kappa shape index (κ3) is 4.64. The number of rotatable bonds is 7. The monoisotopic (exact) mass is 231 g/mol. The Morgan fingerprint density at radius 3 is 2.93 bits per heavy atom. The fraction of sp³-hybridized carbons (Fsp3) is 0.700. The van der Waals surface area contributed by atoms with Crippen LogP contribution in [0, 0.1) is 6.92 Å². The van der Waals surface area contributed by atoms with Crippen LogP contribution in [-0.4, -0.2) is 36.1 Å². The van der Waals surface area contributed by atoms with E-state index in [9.17, 15) is 0 Å². The number of nitrogens with zero attached hydrogens (tertiary/aromatic N) is 2. The molecule has 0 unspecified atom stereocenters. The van der Waals surface area contributed by atoms with Crippen molar-refractivity contribution in [2.24, 2.45) is 0 Å². The first-order valence-electron chi connectivity index (χ1n) is 5.22. The average Bonchev–Trinajstić information content (AvgIpc) is 2.52. The molecule has 0 amide bonds. The van der Waals surface area contributed by atoms with Crippen LogP contribution in [0.4, 0.5) is 0 Å². The van der Waals surface area contributed by atoms with Crippen molar-refractivity contribution in [1.29, 1.82) is 0 Å². The summed E-state index contributed by atoms with van der Waals surface area (Å²) in [6.07, 6.45) is 1.85. The van der Waals surface area contributed by atoms with Crippen LogP contribution in [0.25, 0.3) is 0 Å². The molecule has 0 spiro atoms. The Morgan fingerprint density at radius 2 is 2.33 bits per heavy atom. The fourth-order valence-corrected chi connectivity index (χ4v) is 1.37. The molecule has 1 aromatic heterocycles. The van der Waals surface area contributed by atoms with Gasteiger partial charge < -0.3 is 10.1 Å². The smallest absolute Gasteiger partial charge is 0.0814 e. The van der Waals surface area contributed by atoms with Crippen molar-refractivity contribution in [3.63, 3.8) is 0 Å². The van der Waals surface area contributed by atoms with Crippen LogP contribution in [0.3, 0.4) is 0 Å². The molecule has 0 aromatic carbocycles. The quantitative estimate of drug-likeness (QED) is 0.723. The summed E-state index contributed by atoms with van der Waals surface area (Å²) in [5, 5.41) is 8.25. The highest BCUT2D eigenvalue weighted by atomic mass is 35.5. The van der Waals surface area contributed by atoms with Crippen LogP contribution in [0.5, 0.6) is 0 Å². The number of aryl methyl sites for hydroxylation is 1. The van der Waals surface area contributed by atoms with Gasteiger partial charge in [0.1, 0.15) is 0 Å². The van der Waals surface area contributed by atoms with Gasteiger partial charge in [0.2, 0.25) is 0 Å². The molecule has 0 radical (unpaired) electrons. The van der Waals surface area contributed by atoms with E-state index in [1.807, 2.05) is 24.7 Å². The first kappa shape index (κ1) is 12.5. The normalized spacial score (nSPS) is 10.9. The van der Waals surface area contributed by atoms with Gasteiger partial charge in [-0.25, -0.2) is 0 Å². The molecule has 0 aliphatic heterocycles. The number of ether oxygens (including phenoxy) is 1. The molecule has 0 aliphatic rings. The van der Waals surface area contributed by atoms with Crippen molar-refractivity contribution in [3.8, 4) is 0 Å². The Labute approximate surface area is 95.6 Å². The first-order valence-corrected chi connectivity index (χ1v) is 5.60. The second kappa shape index (κ2) is 6.82. The van der Waals surface area contributed by atoms with E-state index in [2.05, 4.69) is 10.4 Å². The van der Waals surface area contributed by atoms with E-state index in [4.69, 9.17) is 16.3 Å². The Balaban J connectivity index is 2.10. The molecular weight excluding hydrogens is 214 g/mol. The lowest BCUT2D eigenvalue weighted by Crippen LogP contribution is -2.24. The topological polar surface area (TPSA) is 39.1 Å². The van der Waals surface area contributed by atoms with E-state index in [0.717, 1.165) is 43.6 Å². The van der Waals surface area contributed by atoms with Gasteiger partial charge in [-0.3, -0.25) is 4.68 Å². The predicted octanol–water partition coefficient (Wildman–Crippen LogP) is 1.47. The van der Waals surface area contributed by atoms with Crippen LogP contribution < -0.4 is 5.32 Å². The van der Waals surface area contributed by atoms with E-state index in [1.54, 1.807) is 0 Å². The van der Waals surface area contributed by atoms with Crippen molar-refractivity contribution >= 4 is 11.6 Å². The zero-order valence-corrected chi connectivity index (χ0v) is 10.0. The van der Waals surface area contributed by atoms with Crippen molar-refractivity contribution < 1.29 is 4.74 Å². The van der Waals surface area contributed by atoms with E-state index in [1.165, 1.54) is 0 Å². The summed E-state index contributed by atoms with van der Waals surface area (Å²) in [5.41, 5.74) is 0.881. The highest BCUT2D eigenvalue weighted by Crippen LogP contribution is 2.11. The zero-order valence-electron chi connectivity index (χ0n) is 9.29. The number of halogens is 1. The van der Waals surface area contributed by atoms with Gasteiger partial charge in [0.25, 0.3) is 0 Å². The summed E-state index contributed by atoms with van der Waals surface area (Å²) in [6, 6.07) is 0. The third-order valence-electron chi connectivity index (χ3n) is 2.03.